The SMILES string of the molecule is CCSc1ccc(Cl)cc1Nn1cnc2cnc(Cl)cc2c1=O. The molecule has 2 aromatic heterocycles. The fourth-order valence-electron chi connectivity index (χ4n) is 2.08. The predicted molar refractivity (Wildman–Crippen MR) is 95.7 cm³/mol. The van der Waals surface area contributed by atoms with Crippen LogP contribution in [-0.4, -0.2) is 20.4 Å². The Balaban J connectivity index is 2.07. The van der Waals surface area contributed by atoms with Crippen molar-refractivity contribution in [1.82, 2.24) is 14.6 Å². The van der Waals surface area contributed by atoms with Gasteiger partial charge < -0.3 is 0 Å². The van der Waals surface area contributed by atoms with Gasteiger partial charge in [0.25, 0.3) is 5.56 Å². The van der Waals surface area contributed by atoms with Crippen LogP contribution in [0.15, 0.2) is 46.5 Å². The van der Waals surface area contributed by atoms with Crippen molar-refractivity contribution in [3.63, 3.8) is 0 Å². The number of hydrogen-bond acceptors (Lipinski definition) is 5. The number of aromatic nitrogens is 3. The minimum absolute atomic E-state index is 0.249. The van der Waals surface area contributed by atoms with E-state index in [1.54, 1.807) is 17.8 Å². The fraction of sp³-hybridized carbons (Fsp3) is 0.133. The summed E-state index contributed by atoms with van der Waals surface area (Å²) in [6.07, 6.45) is 2.89. The summed E-state index contributed by atoms with van der Waals surface area (Å²) in [5, 5.41) is 1.23. The van der Waals surface area contributed by atoms with Gasteiger partial charge in [-0.3, -0.25) is 10.2 Å². The van der Waals surface area contributed by atoms with E-state index < -0.39 is 0 Å². The second-order valence-corrected chi connectivity index (χ2v) is 6.76. The molecule has 118 valence electrons. The van der Waals surface area contributed by atoms with E-state index in [-0.39, 0.29) is 10.7 Å². The number of fused-ring (bicyclic) bond motifs is 1. The second-order valence-electron chi connectivity index (χ2n) is 4.63. The Kier molecular flexibility index (Phi) is 4.75. The molecule has 3 aromatic rings. The van der Waals surface area contributed by atoms with Gasteiger partial charge in [0.2, 0.25) is 0 Å². The first-order valence-corrected chi connectivity index (χ1v) is 8.55. The molecule has 23 heavy (non-hydrogen) atoms. The van der Waals surface area contributed by atoms with Gasteiger partial charge in [-0.2, -0.15) is 0 Å². The van der Waals surface area contributed by atoms with E-state index in [4.69, 9.17) is 23.2 Å². The van der Waals surface area contributed by atoms with E-state index in [9.17, 15) is 4.79 Å². The van der Waals surface area contributed by atoms with Gasteiger partial charge in [-0.05, 0) is 30.0 Å². The first-order chi connectivity index (χ1) is 11.1. The summed E-state index contributed by atoms with van der Waals surface area (Å²) in [4.78, 5) is 21.7. The lowest BCUT2D eigenvalue weighted by atomic mass is 10.3. The van der Waals surface area contributed by atoms with Crippen LogP contribution in [0, 0.1) is 0 Å². The maximum atomic E-state index is 12.6. The molecule has 0 spiro atoms. The number of hydrogen-bond donors (Lipinski definition) is 1. The highest BCUT2D eigenvalue weighted by atomic mass is 35.5. The van der Waals surface area contributed by atoms with Gasteiger partial charge in [0.05, 0.1) is 22.8 Å². The summed E-state index contributed by atoms with van der Waals surface area (Å²) >= 11 is 13.6. The Morgan fingerprint density at radius 3 is 2.87 bits per heavy atom. The van der Waals surface area contributed by atoms with Gasteiger partial charge in [-0.15, -0.1) is 11.8 Å². The first kappa shape index (κ1) is 16.1. The lowest BCUT2D eigenvalue weighted by Gasteiger charge is -2.13. The molecule has 0 saturated carbocycles. The molecule has 1 N–H and O–H groups in total. The van der Waals surface area contributed by atoms with E-state index in [0.29, 0.717) is 15.9 Å². The third kappa shape index (κ3) is 3.44. The smallest absolute Gasteiger partial charge is 0.280 e. The number of rotatable bonds is 4. The molecule has 0 unspecified atom stereocenters. The average molecular weight is 367 g/mol. The van der Waals surface area contributed by atoms with Crippen molar-refractivity contribution < 1.29 is 0 Å². The van der Waals surface area contributed by atoms with Gasteiger partial charge >= 0.3 is 0 Å². The summed E-state index contributed by atoms with van der Waals surface area (Å²) < 4.78 is 1.31. The van der Waals surface area contributed by atoms with E-state index in [1.165, 1.54) is 23.3 Å². The molecular weight excluding hydrogens is 355 g/mol. The quantitative estimate of drug-likeness (QED) is 0.556. The zero-order chi connectivity index (χ0) is 16.4. The third-order valence-corrected chi connectivity index (χ3v) is 4.49. The van der Waals surface area contributed by atoms with Crippen molar-refractivity contribution in [2.45, 2.75) is 11.8 Å². The monoisotopic (exact) mass is 366 g/mol. The molecule has 0 bridgehead atoms. The molecule has 0 aliphatic rings. The molecule has 0 aliphatic heterocycles. The molecule has 0 atom stereocenters. The Morgan fingerprint density at radius 2 is 2.09 bits per heavy atom. The van der Waals surface area contributed by atoms with Crippen molar-refractivity contribution in [1.29, 1.82) is 0 Å². The predicted octanol–water partition coefficient (Wildman–Crippen LogP) is 4.09. The highest BCUT2D eigenvalue weighted by Crippen LogP contribution is 2.29. The number of pyridine rings is 1. The summed E-state index contributed by atoms with van der Waals surface area (Å²) in [5.74, 6) is 0.905. The van der Waals surface area contributed by atoms with Crippen LogP contribution in [0.2, 0.25) is 10.2 Å². The summed E-state index contributed by atoms with van der Waals surface area (Å²) in [7, 11) is 0. The topological polar surface area (TPSA) is 59.8 Å². The Morgan fingerprint density at radius 1 is 1.26 bits per heavy atom. The molecule has 5 nitrogen and oxygen atoms in total. The molecule has 0 fully saturated rings. The van der Waals surface area contributed by atoms with Crippen LogP contribution < -0.4 is 11.0 Å². The second kappa shape index (κ2) is 6.78. The van der Waals surface area contributed by atoms with Gasteiger partial charge in [-0.1, -0.05) is 30.1 Å². The minimum Gasteiger partial charge on any atom is -0.289 e. The molecule has 0 amide bonds. The fourth-order valence-corrected chi connectivity index (χ4v) is 3.14. The standard InChI is InChI=1S/C15H12Cl2N4OS/c1-2-23-13-4-3-9(16)5-11(13)20-21-8-19-12-7-18-14(17)6-10(12)15(21)22/h3-8,20H,2H2,1H3. The van der Waals surface area contributed by atoms with Crippen LogP contribution in [-0.2, 0) is 0 Å². The summed E-state index contributed by atoms with van der Waals surface area (Å²) in [6, 6.07) is 7.01. The lowest BCUT2D eigenvalue weighted by molar-refractivity contribution is 0.873. The zero-order valence-corrected chi connectivity index (χ0v) is 14.4. The van der Waals surface area contributed by atoms with E-state index in [1.807, 2.05) is 12.1 Å². The molecule has 2 heterocycles. The molecule has 1 aromatic carbocycles. The van der Waals surface area contributed by atoms with Crippen molar-refractivity contribution >= 4 is 51.6 Å². The van der Waals surface area contributed by atoms with Crippen molar-refractivity contribution in [2.75, 3.05) is 11.2 Å². The summed E-state index contributed by atoms with van der Waals surface area (Å²) in [6.45, 7) is 2.06. The Labute approximate surface area is 146 Å². The van der Waals surface area contributed by atoms with Crippen molar-refractivity contribution in [3.05, 3.63) is 57.3 Å². The zero-order valence-electron chi connectivity index (χ0n) is 12.1. The van der Waals surface area contributed by atoms with Crippen LogP contribution >= 0.6 is 35.0 Å². The minimum atomic E-state index is -0.258. The van der Waals surface area contributed by atoms with E-state index in [0.717, 1.165) is 16.3 Å². The number of anilines is 1. The highest BCUT2D eigenvalue weighted by molar-refractivity contribution is 7.99. The van der Waals surface area contributed by atoms with Crippen LogP contribution in [0.1, 0.15) is 6.92 Å². The molecule has 0 aliphatic carbocycles. The molecule has 8 heteroatoms. The normalized spacial score (nSPS) is 10.9. The van der Waals surface area contributed by atoms with Crippen LogP contribution in [0.4, 0.5) is 5.69 Å². The van der Waals surface area contributed by atoms with Crippen molar-refractivity contribution in [3.8, 4) is 0 Å². The number of nitrogens with zero attached hydrogens (tertiary/aromatic N) is 3. The molecule has 0 saturated heterocycles. The van der Waals surface area contributed by atoms with Gasteiger partial charge in [0.1, 0.15) is 11.5 Å². The Bertz CT molecular complexity index is 929. The average Bonchev–Trinajstić information content (AvgIpc) is 2.53. The van der Waals surface area contributed by atoms with Gasteiger partial charge in [0, 0.05) is 9.92 Å². The Hall–Kier alpha value is -1.76. The summed E-state index contributed by atoms with van der Waals surface area (Å²) in [5.41, 5.74) is 4.03. The lowest BCUT2D eigenvalue weighted by Crippen LogP contribution is -2.26. The van der Waals surface area contributed by atoms with Crippen LogP contribution in [0.5, 0.6) is 0 Å². The molecule has 3 rings (SSSR count). The van der Waals surface area contributed by atoms with Crippen LogP contribution in [0.25, 0.3) is 10.9 Å². The van der Waals surface area contributed by atoms with E-state index >= 15 is 0 Å². The van der Waals surface area contributed by atoms with Gasteiger partial charge in [0.15, 0.2) is 0 Å². The first-order valence-electron chi connectivity index (χ1n) is 6.81. The maximum Gasteiger partial charge on any atom is 0.280 e. The third-order valence-electron chi connectivity index (χ3n) is 3.09. The number of benzene rings is 1. The highest BCUT2D eigenvalue weighted by Gasteiger charge is 2.08. The van der Waals surface area contributed by atoms with Gasteiger partial charge in [-0.25, -0.2) is 14.6 Å². The maximum absolute atomic E-state index is 12.6. The largest absolute Gasteiger partial charge is 0.289 e. The van der Waals surface area contributed by atoms with Crippen molar-refractivity contribution in [2.24, 2.45) is 0 Å². The van der Waals surface area contributed by atoms with E-state index in [2.05, 4.69) is 22.3 Å². The van der Waals surface area contributed by atoms with Crippen LogP contribution in [0.3, 0.4) is 0 Å². The molecular formula is C15H12Cl2N4OS. The number of halogens is 2. The number of nitrogens with one attached hydrogen (secondary N) is 1. The molecule has 0 radical (unpaired) electrons. The number of thioether (sulfide) groups is 1.